The van der Waals surface area contributed by atoms with Crippen molar-refractivity contribution in [1.29, 1.82) is 0 Å². The number of rotatable bonds is 5. The Morgan fingerprint density at radius 3 is 2.40 bits per heavy atom. The van der Waals surface area contributed by atoms with E-state index >= 15 is 0 Å². The number of hydrogen-bond acceptors (Lipinski definition) is 6. The molecule has 3 aromatic rings. The molecule has 0 aliphatic carbocycles. The van der Waals surface area contributed by atoms with E-state index in [0.29, 0.717) is 21.9 Å². The van der Waals surface area contributed by atoms with Crippen molar-refractivity contribution < 1.29 is 19.1 Å². The van der Waals surface area contributed by atoms with Gasteiger partial charge in [-0.2, -0.15) is 0 Å². The van der Waals surface area contributed by atoms with E-state index in [4.69, 9.17) is 9.47 Å². The molecule has 0 aliphatic heterocycles. The maximum Gasteiger partial charge on any atom is 0.341 e. The van der Waals surface area contributed by atoms with Crippen LogP contribution in [0.3, 0.4) is 0 Å². The van der Waals surface area contributed by atoms with Gasteiger partial charge in [-0.25, -0.2) is 4.79 Å². The summed E-state index contributed by atoms with van der Waals surface area (Å²) in [6.45, 7) is 0. The SMILES string of the molecule is COC(=O)c1c(-c2cccs2)csc1NC(=O)c1ccc(OC)cc1. The predicted molar refractivity (Wildman–Crippen MR) is 99.9 cm³/mol. The number of hydrogen-bond donors (Lipinski definition) is 1. The summed E-state index contributed by atoms with van der Waals surface area (Å²) in [4.78, 5) is 25.7. The maximum absolute atomic E-state index is 12.5. The van der Waals surface area contributed by atoms with Crippen LogP contribution in [0.5, 0.6) is 5.75 Å². The van der Waals surface area contributed by atoms with E-state index in [1.165, 1.54) is 29.8 Å². The molecule has 128 valence electrons. The van der Waals surface area contributed by atoms with E-state index in [-0.39, 0.29) is 5.91 Å². The number of methoxy groups -OCH3 is 2. The lowest BCUT2D eigenvalue weighted by Crippen LogP contribution is -2.14. The second-order valence-corrected chi connectivity index (χ2v) is 6.83. The zero-order valence-corrected chi connectivity index (χ0v) is 15.2. The Morgan fingerprint density at radius 1 is 1.04 bits per heavy atom. The molecule has 0 fully saturated rings. The Labute approximate surface area is 152 Å². The van der Waals surface area contributed by atoms with Crippen molar-refractivity contribution in [3.8, 4) is 16.2 Å². The van der Waals surface area contributed by atoms with Crippen LogP contribution in [0.25, 0.3) is 10.4 Å². The molecular weight excluding hydrogens is 358 g/mol. The number of nitrogens with one attached hydrogen (secondary N) is 1. The van der Waals surface area contributed by atoms with Crippen LogP contribution in [-0.4, -0.2) is 26.1 Å². The Balaban J connectivity index is 1.91. The summed E-state index contributed by atoms with van der Waals surface area (Å²) in [5, 5.41) is 7.06. The molecule has 5 nitrogen and oxygen atoms in total. The van der Waals surface area contributed by atoms with E-state index < -0.39 is 5.97 Å². The summed E-state index contributed by atoms with van der Waals surface area (Å²) >= 11 is 2.82. The van der Waals surface area contributed by atoms with Crippen molar-refractivity contribution in [2.45, 2.75) is 0 Å². The Bertz CT molecular complexity index is 882. The average Bonchev–Trinajstić information content (AvgIpc) is 3.30. The maximum atomic E-state index is 12.5. The first-order valence-electron chi connectivity index (χ1n) is 7.33. The summed E-state index contributed by atoms with van der Waals surface area (Å²) in [5.74, 6) is -0.107. The van der Waals surface area contributed by atoms with Gasteiger partial charge < -0.3 is 14.8 Å². The highest BCUT2D eigenvalue weighted by Gasteiger charge is 2.23. The van der Waals surface area contributed by atoms with Crippen LogP contribution in [0.2, 0.25) is 0 Å². The van der Waals surface area contributed by atoms with Gasteiger partial charge in [0.05, 0.1) is 14.2 Å². The van der Waals surface area contributed by atoms with Gasteiger partial charge in [0.2, 0.25) is 0 Å². The van der Waals surface area contributed by atoms with Crippen LogP contribution >= 0.6 is 22.7 Å². The number of amides is 1. The molecule has 7 heteroatoms. The summed E-state index contributed by atoms with van der Waals surface area (Å²) in [6, 6.07) is 10.6. The quantitative estimate of drug-likeness (QED) is 0.668. The molecule has 3 rings (SSSR count). The van der Waals surface area contributed by atoms with Gasteiger partial charge in [-0.1, -0.05) is 6.07 Å². The van der Waals surface area contributed by atoms with Crippen LogP contribution in [0, 0.1) is 0 Å². The van der Waals surface area contributed by atoms with Crippen LogP contribution in [-0.2, 0) is 4.74 Å². The minimum absolute atomic E-state index is 0.299. The van der Waals surface area contributed by atoms with Crippen LogP contribution < -0.4 is 10.1 Å². The molecule has 0 atom stereocenters. The van der Waals surface area contributed by atoms with Gasteiger partial charge in [-0.05, 0) is 35.7 Å². The van der Waals surface area contributed by atoms with Crippen molar-refractivity contribution in [2.75, 3.05) is 19.5 Å². The van der Waals surface area contributed by atoms with E-state index in [1.54, 1.807) is 31.4 Å². The number of benzene rings is 1. The van der Waals surface area contributed by atoms with E-state index in [1.807, 2.05) is 22.9 Å². The lowest BCUT2D eigenvalue weighted by Gasteiger charge is -2.07. The van der Waals surface area contributed by atoms with Crippen molar-refractivity contribution in [3.63, 3.8) is 0 Å². The molecule has 25 heavy (non-hydrogen) atoms. The lowest BCUT2D eigenvalue weighted by molar-refractivity contribution is 0.0603. The molecule has 1 N–H and O–H groups in total. The Morgan fingerprint density at radius 2 is 1.80 bits per heavy atom. The van der Waals surface area contributed by atoms with E-state index in [9.17, 15) is 9.59 Å². The molecule has 0 unspecified atom stereocenters. The van der Waals surface area contributed by atoms with Gasteiger partial charge in [-0.15, -0.1) is 22.7 Å². The fourth-order valence-electron chi connectivity index (χ4n) is 2.29. The second-order valence-electron chi connectivity index (χ2n) is 5.01. The second kappa shape index (κ2) is 7.50. The van der Waals surface area contributed by atoms with Gasteiger partial charge in [0.15, 0.2) is 0 Å². The number of carbonyl (C=O) groups excluding carboxylic acids is 2. The topological polar surface area (TPSA) is 64.6 Å². The molecule has 0 spiro atoms. The van der Waals surface area contributed by atoms with Gasteiger partial charge in [0.1, 0.15) is 16.3 Å². The Kier molecular flexibility index (Phi) is 5.16. The zero-order chi connectivity index (χ0) is 17.8. The zero-order valence-electron chi connectivity index (χ0n) is 13.6. The van der Waals surface area contributed by atoms with Gasteiger partial charge in [-0.3, -0.25) is 4.79 Å². The fourth-order valence-corrected chi connectivity index (χ4v) is 4.05. The molecule has 1 aromatic carbocycles. The van der Waals surface area contributed by atoms with Crippen LogP contribution in [0.1, 0.15) is 20.7 Å². The smallest absolute Gasteiger partial charge is 0.341 e. The molecule has 2 heterocycles. The number of esters is 1. The number of carbonyl (C=O) groups is 2. The number of thiophene rings is 2. The van der Waals surface area contributed by atoms with E-state index in [2.05, 4.69) is 5.32 Å². The molecule has 0 saturated heterocycles. The van der Waals surface area contributed by atoms with Gasteiger partial charge >= 0.3 is 5.97 Å². The minimum Gasteiger partial charge on any atom is -0.497 e. The third kappa shape index (κ3) is 3.57. The van der Waals surface area contributed by atoms with Crippen LogP contribution in [0.15, 0.2) is 47.2 Å². The lowest BCUT2D eigenvalue weighted by atomic mass is 10.1. The van der Waals surface area contributed by atoms with Crippen molar-refractivity contribution in [1.82, 2.24) is 0 Å². The first kappa shape index (κ1) is 17.2. The summed E-state index contributed by atoms with van der Waals surface area (Å²) in [6.07, 6.45) is 0. The predicted octanol–water partition coefficient (Wildman–Crippen LogP) is 4.52. The minimum atomic E-state index is -0.477. The first-order valence-corrected chi connectivity index (χ1v) is 9.09. The molecule has 0 aliphatic rings. The standard InChI is InChI=1S/C18H15NO4S2/c1-22-12-7-5-11(6-8-12)16(20)19-17-15(18(21)23-2)13(10-25-17)14-4-3-9-24-14/h3-10H,1-2H3,(H,19,20). The average molecular weight is 373 g/mol. The van der Waals surface area contributed by atoms with Crippen molar-refractivity contribution in [2.24, 2.45) is 0 Å². The normalized spacial score (nSPS) is 10.3. The highest BCUT2D eigenvalue weighted by atomic mass is 32.1. The first-order chi connectivity index (χ1) is 12.1. The monoisotopic (exact) mass is 373 g/mol. The van der Waals surface area contributed by atoms with Gasteiger partial charge in [0.25, 0.3) is 5.91 Å². The fraction of sp³-hybridized carbons (Fsp3) is 0.111. The largest absolute Gasteiger partial charge is 0.497 e. The van der Waals surface area contributed by atoms with Crippen molar-refractivity contribution in [3.05, 3.63) is 58.3 Å². The Hall–Kier alpha value is -2.64. The third-order valence-electron chi connectivity index (χ3n) is 3.55. The molecular formula is C18H15NO4S2. The molecule has 2 aromatic heterocycles. The van der Waals surface area contributed by atoms with Crippen molar-refractivity contribution >= 4 is 39.6 Å². The molecule has 0 saturated carbocycles. The summed E-state index contributed by atoms with van der Waals surface area (Å²) < 4.78 is 9.98. The highest BCUT2D eigenvalue weighted by Crippen LogP contribution is 2.38. The van der Waals surface area contributed by atoms with E-state index in [0.717, 1.165) is 10.4 Å². The highest BCUT2D eigenvalue weighted by molar-refractivity contribution is 7.17. The number of ether oxygens (including phenoxy) is 2. The molecule has 0 radical (unpaired) electrons. The summed E-state index contributed by atoms with van der Waals surface area (Å²) in [7, 11) is 2.89. The van der Waals surface area contributed by atoms with Gasteiger partial charge in [0, 0.05) is 21.4 Å². The number of anilines is 1. The molecule has 1 amide bonds. The van der Waals surface area contributed by atoms with Crippen LogP contribution in [0.4, 0.5) is 5.00 Å². The third-order valence-corrected chi connectivity index (χ3v) is 5.35. The summed E-state index contributed by atoms with van der Waals surface area (Å²) in [5.41, 5.74) is 1.61. The molecule has 0 bridgehead atoms.